The molecule has 0 heterocycles. The van der Waals surface area contributed by atoms with Crippen LogP contribution in [0, 0.1) is 0 Å². The van der Waals surface area contributed by atoms with Gasteiger partial charge in [-0.3, -0.25) is 4.79 Å². The second kappa shape index (κ2) is 6.73. The second-order valence-electron chi connectivity index (χ2n) is 4.56. The first-order valence-electron chi connectivity index (χ1n) is 6.48. The van der Waals surface area contributed by atoms with Gasteiger partial charge in [-0.25, -0.2) is 0 Å². The van der Waals surface area contributed by atoms with E-state index < -0.39 is 0 Å². The van der Waals surface area contributed by atoms with Crippen LogP contribution in [0.2, 0.25) is 0 Å². The van der Waals surface area contributed by atoms with Gasteiger partial charge in [-0.15, -0.1) is 0 Å². The van der Waals surface area contributed by atoms with Gasteiger partial charge in [-0.1, -0.05) is 30.3 Å². The van der Waals surface area contributed by atoms with Crippen molar-refractivity contribution in [3.05, 3.63) is 60.2 Å². The van der Waals surface area contributed by atoms with Crippen LogP contribution in [0.4, 0.5) is 5.69 Å². The van der Waals surface area contributed by atoms with Crippen LogP contribution in [-0.4, -0.2) is 12.5 Å². The fourth-order valence-corrected chi connectivity index (χ4v) is 1.74. The molecule has 0 radical (unpaired) electrons. The van der Waals surface area contributed by atoms with E-state index in [0.717, 1.165) is 11.3 Å². The number of rotatable bonds is 5. The van der Waals surface area contributed by atoms with Crippen molar-refractivity contribution in [2.45, 2.75) is 13.0 Å². The van der Waals surface area contributed by atoms with Crippen LogP contribution < -0.4 is 15.8 Å². The summed E-state index contributed by atoms with van der Waals surface area (Å²) in [6.45, 7) is 1.90. The molecule has 0 aliphatic heterocycles. The van der Waals surface area contributed by atoms with Gasteiger partial charge in [0.25, 0.3) is 5.91 Å². The molecule has 0 aromatic heterocycles. The zero-order chi connectivity index (χ0) is 14.4. The third-order valence-corrected chi connectivity index (χ3v) is 2.83. The number of para-hydroxylation sites is 1. The van der Waals surface area contributed by atoms with E-state index >= 15 is 0 Å². The van der Waals surface area contributed by atoms with Crippen LogP contribution in [0.15, 0.2) is 54.6 Å². The van der Waals surface area contributed by atoms with Crippen LogP contribution in [0.25, 0.3) is 0 Å². The van der Waals surface area contributed by atoms with E-state index in [1.807, 2.05) is 61.5 Å². The third-order valence-electron chi connectivity index (χ3n) is 2.83. The second-order valence-corrected chi connectivity index (χ2v) is 4.56. The molecule has 0 saturated heterocycles. The van der Waals surface area contributed by atoms with E-state index in [0.29, 0.717) is 5.75 Å². The predicted octanol–water partition coefficient (Wildman–Crippen LogP) is 2.72. The number of ether oxygens (including phenoxy) is 1. The molecule has 0 bridgehead atoms. The lowest BCUT2D eigenvalue weighted by Gasteiger charge is -2.09. The Labute approximate surface area is 118 Å². The van der Waals surface area contributed by atoms with Crippen molar-refractivity contribution < 1.29 is 9.53 Å². The number of amides is 1. The Morgan fingerprint density at radius 2 is 1.80 bits per heavy atom. The number of nitrogens with two attached hydrogens (primary N) is 1. The molecule has 0 fully saturated rings. The average molecular weight is 270 g/mol. The quantitative estimate of drug-likeness (QED) is 0.878. The molecule has 0 aliphatic rings. The number of benzene rings is 2. The molecule has 0 unspecified atom stereocenters. The molecule has 2 aromatic carbocycles. The Hall–Kier alpha value is -2.33. The van der Waals surface area contributed by atoms with Gasteiger partial charge in [-0.05, 0) is 36.8 Å². The summed E-state index contributed by atoms with van der Waals surface area (Å²) in [4.78, 5) is 11.7. The summed E-state index contributed by atoms with van der Waals surface area (Å²) in [6, 6.07) is 16.7. The van der Waals surface area contributed by atoms with Gasteiger partial charge >= 0.3 is 0 Å². The maximum atomic E-state index is 11.7. The van der Waals surface area contributed by atoms with E-state index in [2.05, 4.69) is 5.32 Å². The number of hydrogen-bond donors (Lipinski definition) is 2. The minimum Gasteiger partial charge on any atom is -0.484 e. The van der Waals surface area contributed by atoms with Crippen molar-refractivity contribution in [2.75, 3.05) is 11.9 Å². The molecule has 3 N–H and O–H groups in total. The lowest BCUT2D eigenvalue weighted by molar-refractivity contribution is -0.118. The lowest BCUT2D eigenvalue weighted by atomic mass is 10.1. The molecular weight excluding hydrogens is 252 g/mol. The Morgan fingerprint density at radius 3 is 2.40 bits per heavy atom. The molecule has 4 nitrogen and oxygen atoms in total. The van der Waals surface area contributed by atoms with Crippen molar-refractivity contribution in [1.29, 1.82) is 0 Å². The highest BCUT2D eigenvalue weighted by Gasteiger charge is 2.04. The summed E-state index contributed by atoms with van der Waals surface area (Å²) in [7, 11) is 0. The van der Waals surface area contributed by atoms with Gasteiger partial charge in [0.15, 0.2) is 6.61 Å². The predicted molar refractivity (Wildman–Crippen MR) is 79.6 cm³/mol. The van der Waals surface area contributed by atoms with Gasteiger partial charge < -0.3 is 15.8 Å². The molecule has 1 amide bonds. The molecule has 0 aliphatic carbocycles. The van der Waals surface area contributed by atoms with Crippen molar-refractivity contribution in [3.63, 3.8) is 0 Å². The number of carbonyl (C=O) groups is 1. The smallest absolute Gasteiger partial charge is 0.262 e. The van der Waals surface area contributed by atoms with E-state index in [-0.39, 0.29) is 18.6 Å². The molecule has 4 heteroatoms. The monoisotopic (exact) mass is 270 g/mol. The van der Waals surface area contributed by atoms with Crippen LogP contribution in [0.1, 0.15) is 18.5 Å². The lowest BCUT2D eigenvalue weighted by Crippen LogP contribution is -2.20. The van der Waals surface area contributed by atoms with Gasteiger partial charge in [-0.2, -0.15) is 0 Å². The maximum absolute atomic E-state index is 11.7. The first kappa shape index (κ1) is 14.1. The number of carbonyl (C=O) groups excluding carboxylic acids is 1. The highest BCUT2D eigenvalue weighted by Crippen LogP contribution is 2.16. The van der Waals surface area contributed by atoms with Crippen molar-refractivity contribution in [1.82, 2.24) is 0 Å². The normalized spacial score (nSPS) is 11.7. The zero-order valence-electron chi connectivity index (χ0n) is 11.4. The minimum atomic E-state index is -0.188. The van der Waals surface area contributed by atoms with Crippen molar-refractivity contribution in [3.8, 4) is 5.75 Å². The topological polar surface area (TPSA) is 64.3 Å². The number of anilines is 1. The standard InChI is InChI=1S/C16H18N2O2/c1-12(17)13-7-9-15(10-8-13)20-11-16(19)18-14-5-3-2-4-6-14/h2-10,12H,11,17H2,1H3,(H,18,19)/t12-/m0/s1. The van der Waals surface area contributed by atoms with Crippen LogP contribution in [0.5, 0.6) is 5.75 Å². The summed E-state index contributed by atoms with van der Waals surface area (Å²) in [6.07, 6.45) is 0. The van der Waals surface area contributed by atoms with Gasteiger partial charge in [0.05, 0.1) is 0 Å². The molecule has 104 valence electrons. The maximum Gasteiger partial charge on any atom is 0.262 e. The fraction of sp³-hybridized carbons (Fsp3) is 0.188. The van der Waals surface area contributed by atoms with Crippen molar-refractivity contribution in [2.24, 2.45) is 5.73 Å². The molecule has 1 atom stereocenters. The van der Waals surface area contributed by atoms with E-state index in [1.54, 1.807) is 0 Å². The molecule has 20 heavy (non-hydrogen) atoms. The first-order chi connectivity index (χ1) is 9.65. The molecular formula is C16H18N2O2. The number of hydrogen-bond acceptors (Lipinski definition) is 3. The SMILES string of the molecule is C[C@H](N)c1ccc(OCC(=O)Nc2ccccc2)cc1. The van der Waals surface area contributed by atoms with Crippen LogP contribution >= 0.6 is 0 Å². The van der Waals surface area contributed by atoms with Gasteiger partial charge in [0, 0.05) is 11.7 Å². The summed E-state index contributed by atoms with van der Waals surface area (Å²) in [5.41, 5.74) is 7.56. The molecule has 0 spiro atoms. The Bertz CT molecular complexity index is 550. The minimum absolute atomic E-state index is 0.00886. The summed E-state index contributed by atoms with van der Waals surface area (Å²) in [5, 5.41) is 2.76. The summed E-state index contributed by atoms with van der Waals surface area (Å²) >= 11 is 0. The van der Waals surface area contributed by atoms with E-state index in [9.17, 15) is 4.79 Å². The molecule has 2 aromatic rings. The van der Waals surface area contributed by atoms with Crippen LogP contribution in [-0.2, 0) is 4.79 Å². The fourth-order valence-electron chi connectivity index (χ4n) is 1.74. The van der Waals surface area contributed by atoms with Gasteiger partial charge in [0.2, 0.25) is 0 Å². The largest absolute Gasteiger partial charge is 0.484 e. The Morgan fingerprint density at radius 1 is 1.15 bits per heavy atom. The van der Waals surface area contributed by atoms with Gasteiger partial charge in [0.1, 0.15) is 5.75 Å². The van der Waals surface area contributed by atoms with Crippen LogP contribution in [0.3, 0.4) is 0 Å². The zero-order valence-corrected chi connectivity index (χ0v) is 11.4. The summed E-state index contributed by atoms with van der Waals surface area (Å²) in [5.74, 6) is 0.463. The molecule has 2 rings (SSSR count). The highest BCUT2D eigenvalue weighted by atomic mass is 16.5. The van der Waals surface area contributed by atoms with E-state index in [1.165, 1.54) is 0 Å². The van der Waals surface area contributed by atoms with E-state index in [4.69, 9.17) is 10.5 Å². The average Bonchev–Trinajstić information content (AvgIpc) is 2.46. The summed E-state index contributed by atoms with van der Waals surface area (Å²) < 4.78 is 5.42. The third kappa shape index (κ3) is 4.10. The Kier molecular flexibility index (Phi) is 4.74. The number of nitrogens with one attached hydrogen (secondary N) is 1. The highest BCUT2D eigenvalue weighted by molar-refractivity contribution is 5.91. The first-order valence-corrected chi connectivity index (χ1v) is 6.48. The van der Waals surface area contributed by atoms with Crippen molar-refractivity contribution >= 4 is 11.6 Å². The Balaban J connectivity index is 1.84. The molecule has 0 saturated carbocycles.